The summed E-state index contributed by atoms with van der Waals surface area (Å²) in [4.78, 5) is 0. The highest BCUT2D eigenvalue weighted by Crippen LogP contribution is 2.35. The van der Waals surface area contributed by atoms with E-state index in [1.165, 1.54) is 0 Å². The third-order valence-electron chi connectivity index (χ3n) is 3.87. The quantitative estimate of drug-likeness (QED) is 0.930. The molecule has 1 N–H and O–H groups in total. The van der Waals surface area contributed by atoms with Crippen molar-refractivity contribution in [3.8, 4) is 0 Å². The Morgan fingerprint density at radius 2 is 2.11 bits per heavy atom. The Labute approximate surface area is 121 Å². The van der Waals surface area contributed by atoms with Gasteiger partial charge < -0.3 is 14.5 Å². The van der Waals surface area contributed by atoms with E-state index in [-0.39, 0.29) is 6.04 Å². The van der Waals surface area contributed by atoms with Gasteiger partial charge in [0.1, 0.15) is 11.3 Å². The first-order valence-electron chi connectivity index (χ1n) is 6.72. The Bertz CT molecular complexity index is 560. The molecule has 2 aromatic rings. The van der Waals surface area contributed by atoms with E-state index in [9.17, 15) is 0 Å². The van der Waals surface area contributed by atoms with E-state index in [0.717, 1.165) is 47.3 Å². The first kappa shape index (κ1) is 13.2. The molecule has 102 valence electrons. The molecule has 1 unspecified atom stereocenters. The summed E-state index contributed by atoms with van der Waals surface area (Å²) >= 11 is 3.54. The van der Waals surface area contributed by atoms with Gasteiger partial charge in [0.05, 0.1) is 10.5 Å². The number of benzene rings is 1. The normalized spacial score (nSPS) is 18.8. The molecule has 3 rings (SSSR count). The summed E-state index contributed by atoms with van der Waals surface area (Å²) in [5, 5.41) is 4.55. The number of rotatable bonds is 3. The number of para-hydroxylation sites is 1. The van der Waals surface area contributed by atoms with Gasteiger partial charge in [0.15, 0.2) is 0 Å². The second-order valence-electron chi connectivity index (χ2n) is 5.02. The fourth-order valence-corrected chi connectivity index (χ4v) is 3.32. The van der Waals surface area contributed by atoms with Crippen molar-refractivity contribution in [3.63, 3.8) is 0 Å². The molecule has 2 heterocycles. The Morgan fingerprint density at radius 3 is 2.79 bits per heavy atom. The predicted octanol–water partition coefficient (Wildman–Crippen LogP) is 3.88. The van der Waals surface area contributed by atoms with Crippen molar-refractivity contribution in [2.45, 2.75) is 18.9 Å². The lowest BCUT2D eigenvalue weighted by molar-refractivity contribution is 0.0520. The maximum Gasteiger partial charge on any atom is 0.148 e. The minimum Gasteiger partial charge on any atom is -0.458 e. The standard InChI is InChI=1S/C15H18BrNO2/c1-17-14(10-5-7-18-8-6-10)13-9-11-3-2-4-12(16)15(11)19-13/h2-4,9-10,14,17H,5-8H2,1H3. The number of ether oxygens (including phenoxy) is 1. The number of furan rings is 1. The second-order valence-corrected chi connectivity index (χ2v) is 5.88. The largest absolute Gasteiger partial charge is 0.458 e. The van der Waals surface area contributed by atoms with Crippen LogP contribution in [0.1, 0.15) is 24.6 Å². The Morgan fingerprint density at radius 1 is 1.32 bits per heavy atom. The molecule has 0 spiro atoms. The molecule has 1 saturated heterocycles. The monoisotopic (exact) mass is 323 g/mol. The predicted molar refractivity (Wildman–Crippen MR) is 79.3 cm³/mol. The number of fused-ring (bicyclic) bond motifs is 1. The van der Waals surface area contributed by atoms with Crippen molar-refractivity contribution in [2.24, 2.45) is 5.92 Å². The van der Waals surface area contributed by atoms with Gasteiger partial charge in [-0.05, 0) is 53.9 Å². The van der Waals surface area contributed by atoms with Gasteiger partial charge in [0, 0.05) is 18.6 Å². The summed E-state index contributed by atoms with van der Waals surface area (Å²) in [6.45, 7) is 1.71. The molecule has 1 aromatic heterocycles. The summed E-state index contributed by atoms with van der Waals surface area (Å²) in [6.07, 6.45) is 2.17. The van der Waals surface area contributed by atoms with Crippen LogP contribution < -0.4 is 5.32 Å². The average molecular weight is 324 g/mol. The molecular weight excluding hydrogens is 306 g/mol. The highest BCUT2D eigenvalue weighted by Gasteiger charge is 2.27. The summed E-state index contributed by atoms with van der Waals surface area (Å²) < 4.78 is 12.5. The molecule has 3 nitrogen and oxygen atoms in total. The van der Waals surface area contributed by atoms with Crippen molar-refractivity contribution in [3.05, 3.63) is 34.5 Å². The van der Waals surface area contributed by atoms with Gasteiger partial charge in [-0.1, -0.05) is 12.1 Å². The van der Waals surface area contributed by atoms with E-state index in [2.05, 4.69) is 33.4 Å². The first-order valence-corrected chi connectivity index (χ1v) is 7.52. The molecule has 1 aliphatic heterocycles. The molecule has 1 fully saturated rings. The summed E-state index contributed by atoms with van der Waals surface area (Å²) in [5.74, 6) is 1.61. The number of halogens is 1. The maximum atomic E-state index is 6.05. The highest BCUT2D eigenvalue weighted by molar-refractivity contribution is 9.10. The van der Waals surface area contributed by atoms with Crippen molar-refractivity contribution in [1.82, 2.24) is 5.32 Å². The summed E-state index contributed by atoms with van der Waals surface area (Å²) in [6, 6.07) is 8.55. The fraction of sp³-hybridized carbons (Fsp3) is 0.467. The first-order chi connectivity index (χ1) is 9.29. The lowest BCUT2D eigenvalue weighted by Gasteiger charge is -2.28. The lowest BCUT2D eigenvalue weighted by atomic mass is 9.90. The van der Waals surface area contributed by atoms with Gasteiger partial charge in [0.2, 0.25) is 0 Å². The lowest BCUT2D eigenvalue weighted by Crippen LogP contribution is -2.29. The number of hydrogen-bond donors (Lipinski definition) is 1. The zero-order chi connectivity index (χ0) is 13.2. The molecule has 0 saturated carbocycles. The highest BCUT2D eigenvalue weighted by atomic mass is 79.9. The van der Waals surface area contributed by atoms with Crippen molar-refractivity contribution in [1.29, 1.82) is 0 Å². The number of nitrogens with one attached hydrogen (secondary N) is 1. The van der Waals surface area contributed by atoms with Crippen LogP contribution in [0.5, 0.6) is 0 Å². The van der Waals surface area contributed by atoms with Crippen molar-refractivity contribution in [2.75, 3.05) is 20.3 Å². The summed E-state index contributed by atoms with van der Waals surface area (Å²) in [5.41, 5.74) is 0.935. The van der Waals surface area contributed by atoms with Crippen LogP contribution in [0.2, 0.25) is 0 Å². The fourth-order valence-electron chi connectivity index (χ4n) is 2.86. The van der Waals surface area contributed by atoms with E-state index < -0.39 is 0 Å². The Hall–Kier alpha value is -0.840. The topological polar surface area (TPSA) is 34.4 Å². The molecule has 1 atom stereocenters. The Kier molecular flexibility index (Phi) is 3.91. The van der Waals surface area contributed by atoms with E-state index in [4.69, 9.17) is 9.15 Å². The van der Waals surface area contributed by atoms with Gasteiger partial charge in [-0.2, -0.15) is 0 Å². The van der Waals surface area contributed by atoms with Gasteiger partial charge in [0.25, 0.3) is 0 Å². The Balaban J connectivity index is 1.94. The molecule has 0 amide bonds. The van der Waals surface area contributed by atoms with E-state index in [1.807, 2.05) is 19.2 Å². The molecule has 4 heteroatoms. The maximum absolute atomic E-state index is 6.05. The van der Waals surface area contributed by atoms with E-state index in [1.54, 1.807) is 0 Å². The minimum atomic E-state index is 0.267. The van der Waals surface area contributed by atoms with Gasteiger partial charge in [-0.3, -0.25) is 0 Å². The van der Waals surface area contributed by atoms with Crippen LogP contribution in [0.25, 0.3) is 11.0 Å². The van der Waals surface area contributed by atoms with Gasteiger partial charge in [-0.25, -0.2) is 0 Å². The number of hydrogen-bond acceptors (Lipinski definition) is 3. The van der Waals surface area contributed by atoms with Crippen LogP contribution >= 0.6 is 15.9 Å². The van der Waals surface area contributed by atoms with Crippen molar-refractivity contribution < 1.29 is 9.15 Å². The molecule has 19 heavy (non-hydrogen) atoms. The minimum absolute atomic E-state index is 0.267. The van der Waals surface area contributed by atoms with Crippen LogP contribution in [-0.4, -0.2) is 20.3 Å². The van der Waals surface area contributed by atoms with E-state index in [0.29, 0.717) is 5.92 Å². The molecule has 1 aliphatic rings. The molecule has 0 bridgehead atoms. The third-order valence-corrected chi connectivity index (χ3v) is 4.49. The van der Waals surface area contributed by atoms with Crippen LogP contribution in [0, 0.1) is 5.92 Å². The van der Waals surface area contributed by atoms with Crippen LogP contribution in [0.15, 0.2) is 33.2 Å². The second kappa shape index (κ2) is 5.65. The zero-order valence-electron chi connectivity index (χ0n) is 11.0. The smallest absolute Gasteiger partial charge is 0.148 e. The third kappa shape index (κ3) is 2.57. The molecular formula is C15H18BrNO2. The van der Waals surface area contributed by atoms with Crippen molar-refractivity contribution >= 4 is 26.9 Å². The van der Waals surface area contributed by atoms with Gasteiger partial charge >= 0.3 is 0 Å². The van der Waals surface area contributed by atoms with Crippen LogP contribution in [-0.2, 0) is 4.74 Å². The average Bonchev–Trinajstić information content (AvgIpc) is 2.86. The zero-order valence-corrected chi connectivity index (χ0v) is 12.6. The molecule has 0 radical (unpaired) electrons. The molecule has 1 aromatic carbocycles. The molecule has 0 aliphatic carbocycles. The van der Waals surface area contributed by atoms with Gasteiger partial charge in [-0.15, -0.1) is 0 Å². The summed E-state index contributed by atoms with van der Waals surface area (Å²) in [7, 11) is 2.00. The van der Waals surface area contributed by atoms with Crippen LogP contribution in [0.3, 0.4) is 0 Å². The van der Waals surface area contributed by atoms with Crippen LogP contribution in [0.4, 0.5) is 0 Å². The van der Waals surface area contributed by atoms with E-state index >= 15 is 0 Å². The SMILES string of the molecule is CNC(c1cc2cccc(Br)c2o1)C1CCOCC1.